The van der Waals surface area contributed by atoms with Gasteiger partial charge < -0.3 is 58.0 Å². The van der Waals surface area contributed by atoms with Gasteiger partial charge in [0, 0.05) is 51.4 Å². The molecule has 0 spiro atoms. The summed E-state index contributed by atoms with van der Waals surface area (Å²) in [4.78, 5) is 58.1. The fourth-order valence-corrected chi connectivity index (χ4v) is 9.91. The molecule has 5 rings (SSSR count). The van der Waals surface area contributed by atoms with Crippen LogP contribution in [0, 0.1) is 5.92 Å². The number of aromatic nitrogens is 1. The lowest BCUT2D eigenvalue weighted by Gasteiger charge is -2.42. The average molecular weight is 1010 g/mol. The highest BCUT2D eigenvalue weighted by molar-refractivity contribution is 8.76. The molecule has 1 aromatic carbocycles. The summed E-state index contributed by atoms with van der Waals surface area (Å²) in [5.41, 5.74) is -0.848. The molecule has 68 heavy (non-hydrogen) atoms. The molecule has 7 atom stereocenters. The number of allylic oxidation sites excluding steroid dienone is 3. The number of nitrogens with one attached hydrogen (secondary N) is 2. The Morgan fingerprint density at radius 1 is 1.03 bits per heavy atom. The van der Waals surface area contributed by atoms with E-state index in [1.807, 2.05) is 38.1 Å². The van der Waals surface area contributed by atoms with Crippen molar-refractivity contribution >= 4 is 62.8 Å². The van der Waals surface area contributed by atoms with Gasteiger partial charge in [0.15, 0.2) is 5.72 Å². The van der Waals surface area contributed by atoms with Crippen molar-refractivity contribution < 1.29 is 66.9 Å². The number of fused-ring (bicyclic) bond motifs is 5. The van der Waals surface area contributed by atoms with Crippen LogP contribution in [0.2, 0.25) is 5.02 Å². The molecule has 3 aliphatic rings. The largest absolute Gasteiger partial charge is 0.495 e. The van der Waals surface area contributed by atoms with Crippen LogP contribution in [0.4, 0.5) is 10.5 Å². The number of aliphatic hydroxyl groups is 1. The fraction of sp³-hybridized carbons (Fsp3) is 0.596. The normalized spacial score (nSPS) is 26.4. The van der Waals surface area contributed by atoms with Crippen molar-refractivity contribution in [2.75, 3.05) is 91.3 Å². The summed E-state index contributed by atoms with van der Waals surface area (Å²) in [5.74, 6) is -0.502. The minimum atomic E-state index is -1.82. The number of amides is 3. The molecular weight excluding hydrogens is 944 g/mol. The fourth-order valence-electron chi connectivity index (χ4n) is 7.72. The van der Waals surface area contributed by atoms with Gasteiger partial charge in [-0.1, -0.05) is 59.2 Å². The maximum absolute atomic E-state index is 14.1. The van der Waals surface area contributed by atoms with Crippen molar-refractivity contribution in [1.29, 1.82) is 0 Å². The van der Waals surface area contributed by atoms with Crippen molar-refractivity contribution in [3.63, 3.8) is 0 Å². The molecule has 2 aromatic rings. The van der Waals surface area contributed by atoms with Crippen LogP contribution in [-0.4, -0.2) is 156 Å². The Hall–Kier alpha value is -3.96. The van der Waals surface area contributed by atoms with Gasteiger partial charge in [0.25, 0.3) is 0 Å². The number of rotatable bonds is 23. The number of pyridine rings is 1. The molecule has 4 heterocycles. The second-order valence-corrected chi connectivity index (χ2v) is 19.5. The van der Waals surface area contributed by atoms with Gasteiger partial charge in [-0.2, -0.15) is 0 Å². The highest BCUT2D eigenvalue weighted by Crippen LogP contribution is 2.49. The maximum atomic E-state index is 14.1. The molecule has 18 nitrogen and oxygen atoms in total. The average Bonchev–Trinajstić information content (AvgIpc) is 4.01. The Morgan fingerprint density at radius 3 is 2.41 bits per heavy atom. The Bertz CT molecular complexity index is 2040. The van der Waals surface area contributed by atoms with Crippen molar-refractivity contribution in [2.24, 2.45) is 5.92 Å². The predicted octanol–water partition coefficient (Wildman–Crippen LogP) is 5.47. The van der Waals surface area contributed by atoms with Crippen LogP contribution < -0.4 is 20.3 Å². The summed E-state index contributed by atoms with van der Waals surface area (Å²) < 4.78 is 51.5. The van der Waals surface area contributed by atoms with Gasteiger partial charge in [-0.15, -0.1) is 0 Å². The monoisotopic (exact) mass is 1010 g/mol. The molecule has 2 fully saturated rings. The third-order valence-electron chi connectivity index (χ3n) is 11.6. The molecule has 376 valence electrons. The molecule has 3 N–H and O–H groups in total. The quantitative estimate of drug-likeness (QED) is 0.0545. The van der Waals surface area contributed by atoms with Crippen molar-refractivity contribution in [3.05, 3.63) is 70.9 Å². The number of benzene rings is 1. The number of nitrogens with zero attached hydrogens (tertiary/aromatic N) is 2. The second kappa shape index (κ2) is 27.4. The zero-order valence-corrected chi connectivity index (χ0v) is 41.9. The molecule has 1 aromatic heterocycles. The van der Waals surface area contributed by atoms with Gasteiger partial charge in [-0.05, 0) is 60.9 Å². The SMILES string of the molecule is COc1cc2cc(c1Cl)N(C)C(=O)CC(OC(=O)CCOCCOCCOCCOCCNC(=O)CCSSc1ccccn1)C1(C)OC1C(C)C1CC(O)(NC(=O)O1)C(OC)/C=C/C=C(\C)C2. The Labute approximate surface area is 411 Å². The zero-order chi connectivity index (χ0) is 49.1. The number of hydrogen-bond donors (Lipinski definition) is 3. The van der Waals surface area contributed by atoms with E-state index >= 15 is 0 Å². The number of anilines is 1. The number of carbonyl (C=O) groups excluding carboxylic acids is 4. The van der Waals surface area contributed by atoms with Crippen LogP contribution in [0.25, 0.3) is 0 Å². The molecule has 4 bridgehead atoms. The zero-order valence-electron chi connectivity index (χ0n) is 39.5. The number of halogens is 1. The van der Waals surface area contributed by atoms with Crippen LogP contribution >= 0.6 is 33.2 Å². The summed E-state index contributed by atoms with van der Waals surface area (Å²) in [6, 6.07) is 9.32. The smallest absolute Gasteiger partial charge is 0.409 e. The van der Waals surface area contributed by atoms with Gasteiger partial charge in [0.05, 0.1) is 84.6 Å². The molecule has 3 aliphatic heterocycles. The van der Waals surface area contributed by atoms with Crippen LogP contribution in [0.5, 0.6) is 5.75 Å². The number of epoxide rings is 1. The van der Waals surface area contributed by atoms with E-state index in [-0.39, 0.29) is 50.0 Å². The summed E-state index contributed by atoms with van der Waals surface area (Å²) >= 11 is 6.78. The van der Waals surface area contributed by atoms with E-state index in [1.165, 1.54) is 19.1 Å². The number of methoxy groups -OCH3 is 2. The highest BCUT2D eigenvalue weighted by Gasteiger charge is 2.64. The third kappa shape index (κ3) is 16.6. The van der Waals surface area contributed by atoms with E-state index in [9.17, 15) is 24.3 Å². The first-order chi connectivity index (χ1) is 32.7. The van der Waals surface area contributed by atoms with Crippen LogP contribution in [-0.2, 0) is 58.7 Å². The molecule has 0 saturated carbocycles. The van der Waals surface area contributed by atoms with E-state index in [0.29, 0.717) is 69.6 Å². The summed E-state index contributed by atoms with van der Waals surface area (Å²) in [7, 11) is 7.65. The van der Waals surface area contributed by atoms with Crippen molar-refractivity contribution in [1.82, 2.24) is 15.6 Å². The Morgan fingerprint density at radius 2 is 1.74 bits per heavy atom. The number of esters is 1. The van der Waals surface area contributed by atoms with E-state index in [4.69, 9.17) is 54.2 Å². The van der Waals surface area contributed by atoms with E-state index < -0.39 is 59.6 Å². The lowest BCUT2D eigenvalue weighted by atomic mass is 9.83. The predicted molar refractivity (Wildman–Crippen MR) is 257 cm³/mol. The van der Waals surface area contributed by atoms with Gasteiger partial charge in [-0.25, -0.2) is 9.78 Å². The number of ether oxygens (including phenoxy) is 9. The van der Waals surface area contributed by atoms with Gasteiger partial charge in [-0.3, -0.25) is 19.7 Å². The molecule has 21 heteroatoms. The first-order valence-electron chi connectivity index (χ1n) is 22.5. The molecule has 0 aliphatic carbocycles. The first-order valence-corrected chi connectivity index (χ1v) is 25.2. The second-order valence-electron chi connectivity index (χ2n) is 16.6. The standard InChI is InChI=1S/C47H65ClN4O14S2/c1-31-10-9-11-37(59-6)47(57)30-36(64-45(56)51-47)32(2)44-46(3,66-44)38(29-41(54)52(4)34-27-33(26-31)28-35(58-5)43(34)48)65-42(55)13-17-60-19-21-62-23-24-63-22-20-61-18-16-49-39(53)14-25-67-68-40-12-7-8-15-50-40/h7-12,15,27-28,32,36-38,44,57H,13-14,16-26,29-30H2,1-6H3,(H,49,53)(H,51,56)/b11-9+,31-10+. The van der Waals surface area contributed by atoms with E-state index in [0.717, 1.165) is 16.2 Å². The van der Waals surface area contributed by atoms with Gasteiger partial charge >= 0.3 is 12.1 Å². The maximum Gasteiger partial charge on any atom is 0.409 e. The van der Waals surface area contributed by atoms with E-state index in [1.54, 1.807) is 66.0 Å². The Balaban J connectivity index is 1.06. The lowest BCUT2D eigenvalue weighted by molar-refractivity contribution is -0.155. The van der Waals surface area contributed by atoms with Gasteiger partial charge in [0.1, 0.15) is 39.7 Å². The van der Waals surface area contributed by atoms with Crippen LogP contribution in [0.15, 0.2) is 65.4 Å². The summed E-state index contributed by atoms with van der Waals surface area (Å²) in [5, 5.41) is 18.3. The molecule has 0 radical (unpaired) electrons. The molecule has 3 amide bonds. The van der Waals surface area contributed by atoms with Crippen LogP contribution in [0.1, 0.15) is 52.0 Å². The molecule has 7 unspecified atom stereocenters. The first kappa shape index (κ1) is 55.0. The van der Waals surface area contributed by atoms with E-state index in [2.05, 4.69) is 15.6 Å². The van der Waals surface area contributed by atoms with Gasteiger partial charge in [0.2, 0.25) is 11.8 Å². The topological polar surface area (TPSA) is 215 Å². The minimum absolute atomic E-state index is 0.0281. The lowest BCUT2D eigenvalue weighted by Crippen LogP contribution is -2.63. The van der Waals surface area contributed by atoms with Crippen LogP contribution in [0.3, 0.4) is 0 Å². The summed E-state index contributed by atoms with van der Waals surface area (Å²) in [6.45, 7) is 8.24. The van der Waals surface area contributed by atoms with Crippen molar-refractivity contribution in [3.8, 4) is 5.75 Å². The number of hydrogen-bond acceptors (Lipinski definition) is 17. The highest BCUT2D eigenvalue weighted by atomic mass is 35.5. The minimum Gasteiger partial charge on any atom is -0.495 e. The Kier molecular flexibility index (Phi) is 22.2. The summed E-state index contributed by atoms with van der Waals surface area (Å²) in [6.07, 6.45) is 3.15. The molecular formula is C47H65ClN4O14S2. The number of carbonyl (C=O) groups is 4. The molecule has 2 saturated heterocycles. The number of alkyl carbamates (subject to hydrolysis) is 1. The third-order valence-corrected chi connectivity index (χ3v) is 14.2. The van der Waals surface area contributed by atoms with Crippen molar-refractivity contribution in [2.45, 2.75) is 93.6 Å².